The first-order chi connectivity index (χ1) is 13.7. The van der Waals surface area contributed by atoms with E-state index in [-0.39, 0.29) is 5.91 Å². The first-order valence-corrected chi connectivity index (χ1v) is 10.0. The number of aromatic nitrogens is 4. The van der Waals surface area contributed by atoms with Gasteiger partial charge < -0.3 is 5.32 Å². The highest BCUT2D eigenvalue weighted by Gasteiger charge is 2.09. The summed E-state index contributed by atoms with van der Waals surface area (Å²) in [7, 11) is 0. The van der Waals surface area contributed by atoms with Crippen LogP contribution in [0.2, 0.25) is 0 Å². The molecule has 6 nitrogen and oxygen atoms in total. The fourth-order valence-electron chi connectivity index (χ4n) is 2.87. The van der Waals surface area contributed by atoms with E-state index in [4.69, 9.17) is 0 Å². The van der Waals surface area contributed by atoms with Crippen molar-refractivity contribution in [3.05, 3.63) is 90.5 Å². The molecule has 0 unspecified atom stereocenters. The minimum Gasteiger partial charge on any atom is -0.348 e. The number of carbonyl (C=O) groups excluding carboxylic acids is 1. The monoisotopic (exact) mass is 389 g/mol. The van der Waals surface area contributed by atoms with Crippen LogP contribution in [0, 0.1) is 0 Å². The Morgan fingerprint density at radius 1 is 1.07 bits per heavy atom. The van der Waals surface area contributed by atoms with Crippen molar-refractivity contribution in [2.45, 2.75) is 11.7 Å². The van der Waals surface area contributed by atoms with Gasteiger partial charge in [-0.3, -0.25) is 9.36 Å². The molecule has 0 aliphatic heterocycles. The highest BCUT2D eigenvalue weighted by Crippen LogP contribution is 2.18. The van der Waals surface area contributed by atoms with Crippen molar-refractivity contribution in [1.29, 1.82) is 0 Å². The Morgan fingerprint density at radius 3 is 2.61 bits per heavy atom. The topological polar surface area (TPSA) is 64.7 Å². The molecule has 0 aliphatic rings. The highest BCUT2D eigenvalue weighted by atomic mass is 32.2. The molecule has 4 aromatic rings. The third-order valence-electron chi connectivity index (χ3n) is 4.31. The largest absolute Gasteiger partial charge is 0.348 e. The Labute approximate surface area is 167 Å². The zero-order valence-corrected chi connectivity index (χ0v) is 16.1. The first kappa shape index (κ1) is 18.1. The van der Waals surface area contributed by atoms with E-state index >= 15 is 0 Å². The lowest BCUT2D eigenvalue weighted by Gasteiger charge is -2.08. The van der Waals surface area contributed by atoms with E-state index in [1.54, 1.807) is 28.8 Å². The maximum atomic E-state index is 12.5. The van der Waals surface area contributed by atoms with Gasteiger partial charge in [-0.1, -0.05) is 30.0 Å². The van der Waals surface area contributed by atoms with Crippen LogP contribution in [-0.4, -0.2) is 31.5 Å². The lowest BCUT2D eigenvalue weighted by atomic mass is 10.2. The van der Waals surface area contributed by atoms with Gasteiger partial charge in [-0.25, -0.2) is 9.67 Å². The summed E-state index contributed by atoms with van der Waals surface area (Å²) in [6.45, 7) is 0.422. The number of hydrogen-bond donors (Lipinski definition) is 1. The molecule has 28 heavy (non-hydrogen) atoms. The van der Waals surface area contributed by atoms with Gasteiger partial charge in [0.2, 0.25) is 0 Å². The van der Waals surface area contributed by atoms with Crippen molar-refractivity contribution in [3.63, 3.8) is 0 Å². The molecule has 1 amide bonds. The minimum absolute atomic E-state index is 0.116. The molecule has 0 saturated carbocycles. The molecule has 4 rings (SSSR count). The van der Waals surface area contributed by atoms with Crippen LogP contribution >= 0.6 is 11.8 Å². The maximum Gasteiger partial charge on any atom is 0.251 e. The third-order valence-corrected chi connectivity index (χ3v) is 4.97. The minimum atomic E-state index is -0.116. The second-order valence-electron chi connectivity index (χ2n) is 6.14. The van der Waals surface area contributed by atoms with Crippen LogP contribution in [0.1, 0.15) is 15.9 Å². The van der Waals surface area contributed by atoms with Gasteiger partial charge >= 0.3 is 0 Å². The number of imidazole rings is 1. The van der Waals surface area contributed by atoms with Crippen LogP contribution in [0.3, 0.4) is 0 Å². The number of para-hydroxylation sites is 1. The van der Waals surface area contributed by atoms with Crippen molar-refractivity contribution in [1.82, 2.24) is 24.6 Å². The molecule has 0 radical (unpaired) electrons. The van der Waals surface area contributed by atoms with Gasteiger partial charge in [0.15, 0.2) is 5.16 Å². The Hall–Kier alpha value is -3.32. The summed E-state index contributed by atoms with van der Waals surface area (Å²) in [4.78, 5) is 16.7. The Bertz CT molecular complexity index is 1070. The van der Waals surface area contributed by atoms with E-state index in [0.29, 0.717) is 12.1 Å². The summed E-state index contributed by atoms with van der Waals surface area (Å²) < 4.78 is 3.79. The van der Waals surface area contributed by atoms with Crippen LogP contribution in [0.5, 0.6) is 0 Å². The summed E-state index contributed by atoms with van der Waals surface area (Å²) in [6.07, 6.45) is 9.34. The van der Waals surface area contributed by atoms with E-state index in [0.717, 1.165) is 22.1 Å². The van der Waals surface area contributed by atoms with Crippen molar-refractivity contribution in [3.8, 4) is 11.4 Å². The Kier molecular flexibility index (Phi) is 5.25. The number of thioether (sulfide) groups is 1. The number of rotatable bonds is 6. The van der Waals surface area contributed by atoms with Crippen LogP contribution in [0.4, 0.5) is 0 Å². The molecule has 0 atom stereocenters. The third kappa shape index (κ3) is 3.84. The van der Waals surface area contributed by atoms with Gasteiger partial charge in [-0.15, -0.1) is 0 Å². The Balaban J connectivity index is 1.40. The maximum absolute atomic E-state index is 12.5. The average molecular weight is 389 g/mol. The Morgan fingerprint density at radius 2 is 1.86 bits per heavy atom. The van der Waals surface area contributed by atoms with E-state index < -0.39 is 0 Å². The van der Waals surface area contributed by atoms with Crippen LogP contribution in [0.15, 0.2) is 84.5 Å². The zero-order chi connectivity index (χ0) is 19.3. The molecular weight excluding hydrogens is 370 g/mol. The molecule has 2 aromatic carbocycles. The van der Waals surface area contributed by atoms with Gasteiger partial charge in [0.25, 0.3) is 5.91 Å². The SMILES string of the molecule is CSc1nccn1-c1ccc(C(=O)NCc2cnn(-c3ccccc3)c2)cc1. The number of amides is 1. The number of hydrogen-bond acceptors (Lipinski definition) is 4. The fourth-order valence-corrected chi connectivity index (χ4v) is 3.40. The second-order valence-corrected chi connectivity index (χ2v) is 6.92. The molecule has 0 bridgehead atoms. The fraction of sp³-hybridized carbons (Fsp3) is 0.0952. The summed E-state index contributed by atoms with van der Waals surface area (Å²) in [5.74, 6) is -0.116. The van der Waals surface area contributed by atoms with Crippen molar-refractivity contribution >= 4 is 17.7 Å². The zero-order valence-electron chi connectivity index (χ0n) is 15.3. The van der Waals surface area contributed by atoms with Gasteiger partial charge in [-0.2, -0.15) is 5.10 Å². The number of carbonyl (C=O) groups is 1. The van der Waals surface area contributed by atoms with Crippen LogP contribution < -0.4 is 5.32 Å². The van der Waals surface area contributed by atoms with Crippen LogP contribution in [-0.2, 0) is 6.54 Å². The number of nitrogens with zero attached hydrogens (tertiary/aromatic N) is 4. The smallest absolute Gasteiger partial charge is 0.251 e. The second kappa shape index (κ2) is 8.14. The average Bonchev–Trinajstić information content (AvgIpc) is 3.42. The molecule has 0 spiro atoms. The molecule has 140 valence electrons. The van der Waals surface area contributed by atoms with Gasteiger partial charge in [-0.05, 0) is 42.7 Å². The van der Waals surface area contributed by atoms with E-state index in [1.165, 1.54) is 0 Å². The van der Waals surface area contributed by atoms with Crippen molar-refractivity contribution in [2.24, 2.45) is 0 Å². The normalized spacial score (nSPS) is 10.8. The predicted octanol–water partition coefficient (Wildman–Crippen LogP) is 3.71. The van der Waals surface area contributed by atoms with Crippen molar-refractivity contribution in [2.75, 3.05) is 6.26 Å². The standard InChI is InChI=1S/C21H19N5OS/c1-28-21-22-11-12-25(21)18-9-7-17(8-10-18)20(27)23-13-16-14-24-26(15-16)19-5-3-2-4-6-19/h2-12,14-15H,13H2,1H3,(H,23,27). The molecule has 7 heteroatoms. The molecule has 2 heterocycles. The lowest BCUT2D eigenvalue weighted by molar-refractivity contribution is 0.0951. The van der Waals surface area contributed by atoms with E-state index in [1.807, 2.05) is 77.8 Å². The summed E-state index contributed by atoms with van der Waals surface area (Å²) in [6, 6.07) is 17.4. The molecule has 0 saturated heterocycles. The lowest BCUT2D eigenvalue weighted by Crippen LogP contribution is -2.22. The number of nitrogens with one attached hydrogen (secondary N) is 1. The number of benzene rings is 2. The molecule has 1 N–H and O–H groups in total. The predicted molar refractivity (Wildman–Crippen MR) is 110 cm³/mol. The van der Waals surface area contributed by atoms with E-state index in [2.05, 4.69) is 15.4 Å². The van der Waals surface area contributed by atoms with Gasteiger partial charge in [0.1, 0.15) is 0 Å². The first-order valence-electron chi connectivity index (χ1n) is 8.79. The molecule has 0 aliphatic carbocycles. The highest BCUT2D eigenvalue weighted by molar-refractivity contribution is 7.98. The summed E-state index contributed by atoms with van der Waals surface area (Å²) in [5.41, 5.74) is 3.52. The van der Waals surface area contributed by atoms with E-state index in [9.17, 15) is 4.79 Å². The molecule has 0 fully saturated rings. The summed E-state index contributed by atoms with van der Waals surface area (Å²) in [5, 5.41) is 8.20. The van der Waals surface area contributed by atoms with Crippen LogP contribution in [0.25, 0.3) is 11.4 Å². The quantitative estimate of drug-likeness (QED) is 0.511. The van der Waals surface area contributed by atoms with Crippen molar-refractivity contribution < 1.29 is 4.79 Å². The van der Waals surface area contributed by atoms with Gasteiger partial charge in [0, 0.05) is 41.9 Å². The summed E-state index contributed by atoms with van der Waals surface area (Å²) >= 11 is 1.58. The molecular formula is C21H19N5OS. The molecule has 2 aromatic heterocycles. The van der Waals surface area contributed by atoms with Gasteiger partial charge in [0.05, 0.1) is 11.9 Å².